The molecule has 6 nitrogen and oxygen atoms in total. The molecule has 128 valence electrons. The fraction of sp³-hybridized carbons (Fsp3) is 0.588. The second-order valence-electron chi connectivity index (χ2n) is 5.66. The average Bonchev–Trinajstić information content (AvgIpc) is 3.07. The van der Waals surface area contributed by atoms with E-state index in [2.05, 4.69) is 10.6 Å². The Bertz CT molecular complexity index is 515. The lowest BCUT2D eigenvalue weighted by Gasteiger charge is -2.18. The van der Waals surface area contributed by atoms with Crippen molar-refractivity contribution in [2.45, 2.75) is 31.9 Å². The van der Waals surface area contributed by atoms with Gasteiger partial charge in [-0.1, -0.05) is 0 Å². The van der Waals surface area contributed by atoms with Crippen LogP contribution in [0.2, 0.25) is 0 Å². The molecule has 1 fully saturated rings. The molecular weight excluding hydrogens is 296 g/mol. The molecule has 1 aromatic rings. The third kappa shape index (κ3) is 5.11. The number of ether oxygens (including phenoxy) is 3. The monoisotopic (exact) mass is 322 g/mol. The van der Waals surface area contributed by atoms with Crippen LogP contribution in [-0.2, 0) is 9.53 Å². The Kier molecular flexibility index (Phi) is 6.67. The first-order valence-corrected chi connectivity index (χ1v) is 7.97. The summed E-state index contributed by atoms with van der Waals surface area (Å²) in [7, 11) is 3.23. The van der Waals surface area contributed by atoms with Gasteiger partial charge in [0.05, 0.1) is 32.9 Å². The van der Waals surface area contributed by atoms with E-state index in [9.17, 15) is 4.79 Å². The third-order valence-electron chi connectivity index (χ3n) is 3.96. The van der Waals surface area contributed by atoms with Crippen molar-refractivity contribution in [2.24, 2.45) is 0 Å². The maximum atomic E-state index is 12.1. The van der Waals surface area contributed by atoms with Crippen LogP contribution in [0.3, 0.4) is 0 Å². The minimum absolute atomic E-state index is 0.0552. The van der Waals surface area contributed by atoms with Crippen molar-refractivity contribution < 1.29 is 19.0 Å². The molecule has 0 radical (unpaired) electrons. The van der Waals surface area contributed by atoms with E-state index in [0.717, 1.165) is 36.5 Å². The van der Waals surface area contributed by atoms with E-state index in [1.54, 1.807) is 14.2 Å². The Balaban J connectivity index is 1.84. The van der Waals surface area contributed by atoms with Crippen LogP contribution in [0.4, 0.5) is 0 Å². The Labute approximate surface area is 137 Å². The highest BCUT2D eigenvalue weighted by molar-refractivity contribution is 5.78. The lowest BCUT2D eigenvalue weighted by Crippen LogP contribution is -2.38. The summed E-state index contributed by atoms with van der Waals surface area (Å²) in [4.78, 5) is 12.1. The molecule has 0 spiro atoms. The molecule has 2 unspecified atom stereocenters. The van der Waals surface area contributed by atoms with Crippen molar-refractivity contribution in [3.05, 3.63) is 23.8 Å². The SMILES string of the molecule is COc1ccc(OC)c(C(C)NC(=O)CNCC2CCCO2)c1. The molecule has 0 saturated carbocycles. The number of methoxy groups -OCH3 is 2. The van der Waals surface area contributed by atoms with Gasteiger partial charge in [0, 0.05) is 18.7 Å². The van der Waals surface area contributed by atoms with Crippen LogP contribution >= 0.6 is 0 Å². The van der Waals surface area contributed by atoms with Crippen LogP contribution < -0.4 is 20.1 Å². The van der Waals surface area contributed by atoms with Crippen LogP contribution in [0.5, 0.6) is 11.5 Å². The quantitative estimate of drug-likeness (QED) is 0.762. The van der Waals surface area contributed by atoms with Crippen molar-refractivity contribution in [3.8, 4) is 11.5 Å². The maximum absolute atomic E-state index is 12.1. The second kappa shape index (κ2) is 8.74. The number of rotatable bonds is 8. The van der Waals surface area contributed by atoms with Gasteiger partial charge in [-0.05, 0) is 38.0 Å². The normalized spacial score (nSPS) is 18.5. The molecular formula is C17H26N2O4. The summed E-state index contributed by atoms with van der Waals surface area (Å²) in [5.74, 6) is 1.41. The topological polar surface area (TPSA) is 68.8 Å². The van der Waals surface area contributed by atoms with Crippen LogP contribution in [0.15, 0.2) is 18.2 Å². The summed E-state index contributed by atoms with van der Waals surface area (Å²) in [6.07, 6.45) is 2.40. The molecule has 0 bridgehead atoms. The van der Waals surface area contributed by atoms with Crippen LogP contribution in [-0.4, -0.2) is 45.9 Å². The van der Waals surface area contributed by atoms with Gasteiger partial charge >= 0.3 is 0 Å². The summed E-state index contributed by atoms with van der Waals surface area (Å²) >= 11 is 0. The zero-order chi connectivity index (χ0) is 16.7. The van der Waals surface area contributed by atoms with Crippen molar-refractivity contribution >= 4 is 5.91 Å². The van der Waals surface area contributed by atoms with Gasteiger partial charge in [0.1, 0.15) is 11.5 Å². The summed E-state index contributed by atoms with van der Waals surface area (Å²) in [6.45, 7) is 3.74. The van der Waals surface area contributed by atoms with Gasteiger partial charge in [0.15, 0.2) is 0 Å². The van der Waals surface area contributed by atoms with Crippen LogP contribution in [0, 0.1) is 0 Å². The van der Waals surface area contributed by atoms with E-state index in [1.165, 1.54) is 0 Å². The zero-order valence-corrected chi connectivity index (χ0v) is 14.1. The Morgan fingerprint density at radius 3 is 2.87 bits per heavy atom. The predicted octanol–water partition coefficient (Wildman–Crippen LogP) is 1.65. The molecule has 2 rings (SSSR count). The number of hydrogen-bond donors (Lipinski definition) is 2. The van der Waals surface area contributed by atoms with E-state index in [4.69, 9.17) is 14.2 Å². The molecule has 1 heterocycles. The van der Waals surface area contributed by atoms with E-state index in [-0.39, 0.29) is 24.6 Å². The predicted molar refractivity (Wildman–Crippen MR) is 87.9 cm³/mol. The van der Waals surface area contributed by atoms with Gasteiger partial charge in [-0.2, -0.15) is 0 Å². The molecule has 23 heavy (non-hydrogen) atoms. The number of benzene rings is 1. The largest absolute Gasteiger partial charge is 0.497 e. The Morgan fingerprint density at radius 1 is 1.39 bits per heavy atom. The van der Waals surface area contributed by atoms with Gasteiger partial charge in [-0.15, -0.1) is 0 Å². The summed E-state index contributed by atoms with van der Waals surface area (Å²) < 4.78 is 16.1. The molecule has 1 amide bonds. The van der Waals surface area contributed by atoms with E-state index in [0.29, 0.717) is 6.54 Å². The van der Waals surface area contributed by atoms with Gasteiger partial charge < -0.3 is 24.8 Å². The Hall–Kier alpha value is -1.79. The minimum atomic E-state index is -0.169. The standard InChI is InChI=1S/C17H26N2O4/c1-12(15-9-13(21-2)6-7-16(15)22-3)19-17(20)11-18-10-14-5-4-8-23-14/h6-7,9,12,14,18H,4-5,8,10-11H2,1-3H3,(H,19,20). The van der Waals surface area contributed by atoms with E-state index >= 15 is 0 Å². The lowest BCUT2D eigenvalue weighted by atomic mass is 10.1. The first kappa shape index (κ1) is 17.6. The van der Waals surface area contributed by atoms with E-state index in [1.807, 2.05) is 25.1 Å². The molecule has 2 atom stereocenters. The van der Waals surface area contributed by atoms with Crippen molar-refractivity contribution in [3.63, 3.8) is 0 Å². The molecule has 1 aliphatic rings. The summed E-state index contributed by atoms with van der Waals surface area (Å²) in [5.41, 5.74) is 0.888. The number of amides is 1. The molecule has 0 aliphatic carbocycles. The highest BCUT2D eigenvalue weighted by atomic mass is 16.5. The smallest absolute Gasteiger partial charge is 0.234 e. The summed E-state index contributed by atoms with van der Waals surface area (Å²) in [6, 6.07) is 5.38. The average molecular weight is 322 g/mol. The molecule has 1 saturated heterocycles. The van der Waals surface area contributed by atoms with Crippen LogP contribution in [0.1, 0.15) is 31.4 Å². The fourth-order valence-electron chi connectivity index (χ4n) is 2.70. The van der Waals surface area contributed by atoms with E-state index < -0.39 is 0 Å². The van der Waals surface area contributed by atoms with Gasteiger partial charge in [0.2, 0.25) is 5.91 Å². The van der Waals surface area contributed by atoms with Crippen molar-refractivity contribution in [1.82, 2.24) is 10.6 Å². The van der Waals surface area contributed by atoms with Gasteiger partial charge in [-0.25, -0.2) is 0 Å². The van der Waals surface area contributed by atoms with Crippen LogP contribution in [0.25, 0.3) is 0 Å². The second-order valence-corrected chi connectivity index (χ2v) is 5.66. The number of carbonyl (C=O) groups is 1. The first-order valence-electron chi connectivity index (χ1n) is 7.97. The molecule has 1 aromatic carbocycles. The molecule has 2 N–H and O–H groups in total. The number of nitrogens with one attached hydrogen (secondary N) is 2. The molecule has 0 aromatic heterocycles. The van der Waals surface area contributed by atoms with Gasteiger partial charge in [0.25, 0.3) is 0 Å². The lowest BCUT2D eigenvalue weighted by molar-refractivity contribution is -0.120. The summed E-state index contributed by atoms with van der Waals surface area (Å²) in [5, 5.41) is 6.11. The highest BCUT2D eigenvalue weighted by Crippen LogP contribution is 2.29. The Morgan fingerprint density at radius 2 is 2.22 bits per heavy atom. The fourth-order valence-corrected chi connectivity index (χ4v) is 2.70. The third-order valence-corrected chi connectivity index (χ3v) is 3.96. The first-order chi connectivity index (χ1) is 11.1. The van der Waals surface area contributed by atoms with Crippen molar-refractivity contribution in [1.29, 1.82) is 0 Å². The maximum Gasteiger partial charge on any atom is 0.234 e. The minimum Gasteiger partial charge on any atom is -0.497 e. The number of carbonyl (C=O) groups excluding carboxylic acids is 1. The number of hydrogen-bond acceptors (Lipinski definition) is 5. The highest BCUT2D eigenvalue weighted by Gasteiger charge is 2.17. The zero-order valence-electron chi connectivity index (χ0n) is 14.1. The van der Waals surface area contributed by atoms with Gasteiger partial charge in [-0.3, -0.25) is 4.79 Å². The molecule has 1 aliphatic heterocycles. The van der Waals surface area contributed by atoms with Crippen molar-refractivity contribution in [2.75, 3.05) is 33.9 Å². The molecule has 6 heteroatoms.